The van der Waals surface area contributed by atoms with Crippen molar-refractivity contribution in [2.24, 2.45) is 5.73 Å². The number of thioether (sulfide) groups is 1. The first-order valence-corrected chi connectivity index (χ1v) is 8.19. The second-order valence-corrected chi connectivity index (χ2v) is 6.65. The number of amides is 1. The van der Waals surface area contributed by atoms with Crippen LogP contribution in [0.4, 0.5) is 0 Å². The van der Waals surface area contributed by atoms with Gasteiger partial charge in [-0.3, -0.25) is 14.7 Å². The Bertz CT molecular complexity index is 859. The van der Waals surface area contributed by atoms with Crippen LogP contribution in [-0.2, 0) is 16.0 Å². The highest BCUT2D eigenvalue weighted by molar-refractivity contribution is 8.00. The summed E-state index contributed by atoms with van der Waals surface area (Å²) in [7, 11) is 0. The number of aromatic nitrogens is 2. The average molecular weight is 330 g/mol. The molecule has 4 rings (SSSR count). The Morgan fingerprint density at radius 3 is 3.09 bits per heavy atom. The van der Waals surface area contributed by atoms with E-state index in [1.165, 1.54) is 16.7 Å². The monoisotopic (exact) mass is 330 g/mol. The number of nitrogens with two attached hydrogens (primary N) is 1. The Hall–Kier alpha value is -2.32. The van der Waals surface area contributed by atoms with Crippen molar-refractivity contribution in [2.75, 3.05) is 5.75 Å². The maximum absolute atomic E-state index is 12.0. The molecule has 7 nitrogen and oxygen atoms in total. The van der Waals surface area contributed by atoms with E-state index in [1.807, 2.05) is 28.9 Å². The molecule has 2 aromatic rings. The number of carboxylic acid groups (broad SMARTS) is 1. The van der Waals surface area contributed by atoms with Gasteiger partial charge in [0.25, 0.3) is 0 Å². The van der Waals surface area contributed by atoms with Gasteiger partial charge in [-0.2, -0.15) is 0 Å². The molecule has 0 spiro atoms. The Labute approximate surface area is 135 Å². The molecule has 1 saturated heterocycles. The van der Waals surface area contributed by atoms with Gasteiger partial charge >= 0.3 is 5.97 Å². The van der Waals surface area contributed by atoms with Crippen LogP contribution in [0.2, 0.25) is 0 Å². The van der Waals surface area contributed by atoms with E-state index < -0.39 is 12.0 Å². The fourth-order valence-corrected chi connectivity index (χ4v) is 4.38. The van der Waals surface area contributed by atoms with Crippen LogP contribution in [0.15, 0.2) is 42.0 Å². The molecule has 0 aliphatic carbocycles. The molecule has 0 radical (unpaired) electrons. The predicted molar refractivity (Wildman–Crippen MR) is 84.6 cm³/mol. The molecule has 0 aromatic carbocycles. The van der Waals surface area contributed by atoms with Gasteiger partial charge in [-0.15, -0.1) is 11.8 Å². The number of carboxylic acids is 1. The summed E-state index contributed by atoms with van der Waals surface area (Å²) in [6.45, 7) is 0. The molecule has 8 heteroatoms. The molecule has 2 aromatic heterocycles. The lowest BCUT2D eigenvalue weighted by Crippen LogP contribution is -2.68. The molecule has 4 heterocycles. The van der Waals surface area contributed by atoms with E-state index in [1.54, 1.807) is 6.20 Å². The molecule has 3 N–H and O–H groups in total. The van der Waals surface area contributed by atoms with Gasteiger partial charge < -0.3 is 15.2 Å². The van der Waals surface area contributed by atoms with Crippen molar-refractivity contribution < 1.29 is 14.7 Å². The third kappa shape index (κ3) is 2.06. The van der Waals surface area contributed by atoms with Crippen molar-refractivity contribution in [3.8, 4) is 0 Å². The normalized spacial score (nSPS) is 23.9. The van der Waals surface area contributed by atoms with Gasteiger partial charge in [-0.05, 0) is 17.7 Å². The van der Waals surface area contributed by atoms with Crippen LogP contribution < -0.4 is 5.73 Å². The number of fused-ring (bicyclic) bond motifs is 2. The number of rotatable bonds is 3. The summed E-state index contributed by atoms with van der Waals surface area (Å²) in [5.74, 6) is -0.883. The average Bonchev–Trinajstić information content (AvgIpc) is 3.03. The number of aliphatic carboxylic acids is 1. The molecule has 2 aliphatic heterocycles. The van der Waals surface area contributed by atoms with E-state index in [2.05, 4.69) is 4.98 Å². The zero-order valence-corrected chi connectivity index (χ0v) is 12.9. The van der Waals surface area contributed by atoms with Gasteiger partial charge in [0, 0.05) is 30.8 Å². The summed E-state index contributed by atoms with van der Waals surface area (Å²) >= 11 is 1.51. The van der Waals surface area contributed by atoms with Gasteiger partial charge in [-0.1, -0.05) is 0 Å². The standard InChI is InChI=1S/C15H14N4O3S/c16-11-13(20)19-12(15(21)22)8(7-23-14(11)19)6-9-10-2-1-4-18(10)5-3-17-9/h1-5,11,14H,6-7,16H2,(H,21,22)/t11?,14-/m0/s1. The molecule has 2 aliphatic rings. The second-order valence-electron chi connectivity index (χ2n) is 5.54. The van der Waals surface area contributed by atoms with Crippen molar-refractivity contribution in [3.63, 3.8) is 0 Å². The van der Waals surface area contributed by atoms with Gasteiger partial charge in [0.2, 0.25) is 5.91 Å². The number of hydrogen-bond donors (Lipinski definition) is 2. The molecule has 0 saturated carbocycles. The molecule has 1 fully saturated rings. The first-order chi connectivity index (χ1) is 11.1. The van der Waals surface area contributed by atoms with E-state index in [0.717, 1.165) is 11.2 Å². The SMILES string of the molecule is NC1C(=O)N2C(C(=O)O)=C(Cc3nccn4cccc34)CS[C@@H]12. The van der Waals surface area contributed by atoms with Crippen LogP contribution in [-0.4, -0.2) is 48.4 Å². The lowest BCUT2D eigenvalue weighted by Gasteiger charge is -2.48. The Morgan fingerprint density at radius 1 is 1.48 bits per heavy atom. The van der Waals surface area contributed by atoms with E-state index in [0.29, 0.717) is 17.7 Å². The zero-order valence-electron chi connectivity index (χ0n) is 12.0. The Kier molecular flexibility index (Phi) is 3.17. The fourth-order valence-electron chi connectivity index (χ4n) is 3.08. The number of carbonyl (C=O) groups is 2. The van der Waals surface area contributed by atoms with Gasteiger partial charge in [0.05, 0.1) is 11.2 Å². The molecule has 0 bridgehead atoms. The summed E-state index contributed by atoms with van der Waals surface area (Å²) in [6.07, 6.45) is 5.84. The highest BCUT2D eigenvalue weighted by Gasteiger charge is 2.51. The van der Waals surface area contributed by atoms with Crippen LogP contribution in [0.3, 0.4) is 0 Å². The lowest BCUT2D eigenvalue weighted by molar-refractivity contribution is -0.148. The minimum atomic E-state index is -1.09. The van der Waals surface area contributed by atoms with Crippen LogP contribution in [0.1, 0.15) is 5.69 Å². The van der Waals surface area contributed by atoms with Crippen molar-refractivity contribution >= 4 is 29.2 Å². The molecule has 23 heavy (non-hydrogen) atoms. The van der Waals surface area contributed by atoms with E-state index in [4.69, 9.17) is 5.73 Å². The van der Waals surface area contributed by atoms with E-state index in [-0.39, 0.29) is 17.0 Å². The highest BCUT2D eigenvalue weighted by Crippen LogP contribution is 2.40. The highest BCUT2D eigenvalue weighted by atomic mass is 32.2. The van der Waals surface area contributed by atoms with Crippen molar-refractivity contribution in [2.45, 2.75) is 17.8 Å². The minimum absolute atomic E-state index is 0.0656. The van der Waals surface area contributed by atoms with E-state index in [9.17, 15) is 14.7 Å². The number of hydrogen-bond acceptors (Lipinski definition) is 5. The lowest BCUT2D eigenvalue weighted by atomic mass is 10.0. The Balaban J connectivity index is 1.76. The first kappa shape index (κ1) is 14.3. The van der Waals surface area contributed by atoms with Crippen LogP contribution in [0, 0.1) is 0 Å². The summed E-state index contributed by atoms with van der Waals surface area (Å²) in [4.78, 5) is 29.3. The summed E-state index contributed by atoms with van der Waals surface area (Å²) in [5.41, 5.74) is 8.24. The maximum Gasteiger partial charge on any atom is 0.352 e. The van der Waals surface area contributed by atoms with Gasteiger partial charge in [0.15, 0.2) is 0 Å². The summed E-state index contributed by atoms with van der Waals surface area (Å²) in [6, 6.07) is 3.24. The summed E-state index contributed by atoms with van der Waals surface area (Å²) in [5, 5.41) is 9.29. The minimum Gasteiger partial charge on any atom is -0.477 e. The number of β-lactam (4-membered cyclic amide) rings is 1. The predicted octanol–water partition coefficient (Wildman–Crippen LogP) is 0.458. The smallest absolute Gasteiger partial charge is 0.352 e. The van der Waals surface area contributed by atoms with Crippen LogP contribution in [0.25, 0.3) is 5.52 Å². The zero-order chi connectivity index (χ0) is 16.1. The maximum atomic E-state index is 12.0. The quantitative estimate of drug-likeness (QED) is 0.793. The van der Waals surface area contributed by atoms with Crippen molar-refractivity contribution in [1.29, 1.82) is 0 Å². The third-order valence-corrected chi connectivity index (χ3v) is 5.56. The molecular weight excluding hydrogens is 316 g/mol. The van der Waals surface area contributed by atoms with Crippen LogP contribution in [0.5, 0.6) is 0 Å². The molecule has 1 amide bonds. The summed E-state index contributed by atoms with van der Waals surface area (Å²) < 4.78 is 1.94. The second kappa shape index (κ2) is 5.10. The molecular formula is C15H14N4O3S. The van der Waals surface area contributed by atoms with Crippen molar-refractivity contribution in [1.82, 2.24) is 14.3 Å². The number of carbonyl (C=O) groups excluding carboxylic acids is 1. The molecule has 118 valence electrons. The Morgan fingerprint density at radius 2 is 2.30 bits per heavy atom. The molecule has 1 unspecified atom stereocenters. The molecule has 2 atom stereocenters. The van der Waals surface area contributed by atoms with E-state index >= 15 is 0 Å². The topological polar surface area (TPSA) is 101 Å². The van der Waals surface area contributed by atoms with Crippen LogP contribution >= 0.6 is 11.8 Å². The first-order valence-electron chi connectivity index (χ1n) is 7.14. The van der Waals surface area contributed by atoms with Gasteiger partial charge in [0.1, 0.15) is 17.1 Å². The third-order valence-electron chi connectivity index (χ3n) is 4.20. The van der Waals surface area contributed by atoms with Crippen molar-refractivity contribution in [3.05, 3.63) is 47.7 Å². The van der Waals surface area contributed by atoms with Gasteiger partial charge in [-0.25, -0.2) is 4.79 Å². The number of nitrogens with zero attached hydrogens (tertiary/aromatic N) is 3. The fraction of sp³-hybridized carbons (Fsp3) is 0.267. The largest absolute Gasteiger partial charge is 0.477 e.